The monoisotopic (exact) mass is 551 g/mol. The molecule has 4 aromatic rings. The van der Waals surface area contributed by atoms with Crippen LogP contribution in [0.15, 0.2) is 114 Å². The Kier molecular flexibility index (Phi) is 9.74. The largest absolute Gasteiger partial charge is 0.497 e. The molecule has 0 fully saturated rings. The fourth-order valence-corrected chi connectivity index (χ4v) is 4.41. The van der Waals surface area contributed by atoms with E-state index in [-0.39, 0.29) is 17.4 Å². The van der Waals surface area contributed by atoms with Crippen molar-refractivity contribution in [1.29, 1.82) is 0 Å². The summed E-state index contributed by atoms with van der Waals surface area (Å²) in [4.78, 5) is 39.4. The minimum absolute atomic E-state index is 0.0783. The summed E-state index contributed by atoms with van der Waals surface area (Å²) in [7, 11) is 1.58. The molecule has 202 valence electrons. The summed E-state index contributed by atoms with van der Waals surface area (Å²) >= 11 is 1.36. The number of nitrogens with one attached hydrogen (secondary N) is 3. The van der Waals surface area contributed by atoms with Crippen LogP contribution < -0.4 is 20.7 Å². The predicted octanol–water partition coefficient (Wildman–Crippen LogP) is 6.14. The third-order valence-corrected chi connectivity index (χ3v) is 6.75. The lowest BCUT2D eigenvalue weighted by molar-refractivity contribution is -0.114. The van der Waals surface area contributed by atoms with Crippen molar-refractivity contribution in [1.82, 2.24) is 5.32 Å². The molecule has 0 aliphatic rings. The zero-order valence-corrected chi connectivity index (χ0v) is 23.0. The summed E-state index contributed by atoms with van der Waals surface area (Å²) in [6.45, 7) is 1.99. The molecule has 4 aromatic carbocycles. The van der Waals surface area contributed by atoms with Gasteiger partial charge in [0.1, 0.15) is 11.4 Å². The number of hydrogen-bond acceptors (Lipinski definition) is 5. The number of thioether (sulfide) groups is 1. The Morgan fingerprint density at radius 2 is 1.52 bits per heavy atom. The number of rotatable bonds is 10. The molecule has 0 saturated heterocycles. The summed E-state index contributed by atoms with van der Waals surface area (Å²) < 4.78 is 5.21. The highest BCUT2D eigenvalue weighted by atomic mass is 32.2. The summed E-state index contributed by atoms with van der Waals surface area (Å²) in [5, 5.41) is 8.46. The smallest absolute Gasteiger partial charge is 0.272 e. The van der Waals surface area contributed by atoms with E-state index in [0.717, 1.165) is 16.1 Å². The Morgan fingerprint density at radius 3 is 2.23 bits per heavy atom. The van der Waals surface area contributed by atoms with Crippen molar-refractivity contribution >= 4 is 46.9 Å². The fourth-order valence-electron chi connectivity index (χ4n) is 3.65. The van der Waals surface area contributed by atoms with Crippen LogP contribution in [0.2, 0.25) is 0 Å². The lowest BCUT2D eigenvalue weighted by Crippen LogP contribution is -2.30. The summed E-state index contributed by atoms with van der Waals surface area (Å²) in [6, 6.07) is 30.6. The van der Waals surface area contributed by atoms with Gasteiger partial charge in [0.2, 0.25) is 5.91 Å². The van der Waals surface area contributed by atoms with Crippen LogP contribution in [-0.4, -0.2) is 30.6 Å². The zero-order chi connectivity index (χ0) is 28.3. The quantitative estimate of drug-likeness (QED) is 0.162. The van der Waals surface area contributed by atoms with Crippen LogP contribution in [0.5, 0.6) is 5.75 Å². The molecule has 7 nitrogen and oxygen atoms in total. The van der Waals surface area contributed by atoms with Crippen molar-refractivity contribution in [2.45, 2.75) is 11.8 Å². The van der Waals surface area contributed by atoms with E-state index in [9.17, 15) is 14.4 Å². The van der Waals surface area contributed by atoms with Gasteiger partial charge in [-0.15, -0.1) is 11.8 Å². The SMILES string of the molecule is COc1ccc(/C=C(/NC(=O)c2ccccc2)C(=O)Nc2cccc(SCC(=O)Nc3ccc(C)cc3)c2)cc1. The minimum atomic E-state index is -0.487. The number of hydrogen-bond donors (Lipinski definition) is 3. The molecule has 0 aliphatic carbocycles. The van der Waals surface area contributed by atoms with Crippen LogP contribution in [0.1, 0.15) is 21.5 Å². The van der Waals surface area contributed by atoms with E-state index in [0.29, 0.717) is 22.6 Å². The van der Waals surface area contributed by atoms with Crippen molar-refractivity contribution < 1.29 is 19.1 Å². The summed E-state index contributed by atoms with van der Waals surface area (Å²) in [5.74, 6) is -0.130. The average molecular weight is 552 g/mol. The van der Waals surface area contributed by atoms with Crippen LogP contribution in [0, 0.1) is 6.92 Å². The second-order valence-corrected chi connectivity index (χ2v) is 9.88. The van der Waals surface area contributed by atoms with Gasteiger partial charge in [0.05, 0.1) is 12.9 Å². The second-order valence-electron chi connectivity index (χ2n) is 8.84. The number of carbonyl (C=O) groups is 3. The van der Waals surface area contributed by atoms with Crippen molar-refractivity contribution in [2.75, 3.05) is 23.5 Å². The first kappa shape index (κ1) is 28.2. The minimum Gasteiger partial charge on any atom is -0.497 e. The summed E-state index contributed by atoms with van der Waals surface area (Å²) in [5.41, 5.74) is 3.61. The molecule has 4 rings (SSSR count). The van der Waals surface area contributed by atoms with Crippen molar-refractivity contribution in [2.24, 2.45) is 0 Å². The third-order valence-electron chi connectivity index (χ3n) is 5.75. The highest BCUT2D eigenvalue weighted by Crippen LogP contribution is 2.23. The Hall–Kier alpha value is -4.82. The van der Waals surface area contributed by atoms with Gasteiger partial charge in [-0.2, -0.15) is 0 Å². The number of anilines is 2. The molecule has 3 N–H and O–H groups in total. The van der Waals surface area contributed by atoms with E-state index in [1.165, 1.54) is 11.8 Å². The Balaban J connectivity index is 1.45. The van der Waals surface area contributed by atoms with Crippen molar-refractivity contribution in [3.63, 3.8) is 0 Å². The van der Waals surface area contributed by atoms with Crippen LogP contribution in [0.25, 0.3) is 6.08 Å². The van der Waals surface area contributed by atoms with Gasteiger partial charge in [0.25, 0.3) is 11.8 Å². The van der Waals surface area contributed by atoms with Crippen LogP contribution in [0.4, 0.5) is 11.4 Å². The van der Waals surface area contributed by atoms with E-state index < -0.39 is 11.8 Å². The highest BCUT2D eigenvalue weighted by molar-refractivity contribution is 8.00. The number of benzene rings is 4. The van der Waals surface area contributed by atoms with E-state index in [1.807, 2.05) is 43.3 Å². The average Bonchev–Trinajstić information content (AvgIpc) is 2.98. The molecule has 0 unspecified atom stereocenters. The number of methoxy groups -OCH3 is 1. The van der Waals surface area contributed by atoms with Crippen LogP contribution in [0.3, 0.4) is 0 Å². The Bertz CT molecular complexity index is 1500. The molecule has 0 radical (unpaired) electrons. The van der Waals surface area contributed by atoms with Gasteiger partial charge in [-0.1, -0.05) is 54.1 Å². The molecule has 0 aromatic heterocycles. The first-order valence-electron chi connectivity index (χ1n) is 12.5. The molecule has 0 spiro atoms. The molecule has 0 saturated carbocycles. The maximum Gasteiger partial charge on any atom is 0.272 e. The topological polar surface area (TPSA) is 96.5 Å². The number of amides is 3. The van der Waals surface area contributed by atoms with Gasteiger partial charge < -0.3 is 20.7 Å². The highest BCUT2D eigenvalue weighted by Gasteiger charge is 2.15. The molecule has 3 amide bonds. The summed E-state index contributed by atoms with van der Waals surface area (Å²) in [6.07, 6.45) is 1.60. The van der Waals surface area contributed by atoms with Crippen molar-refractivity contribution in [3.8, 4) is 5.75 Å². The molecule has 0 atom stereocenters. The van der Waals surface area contributed by atoms with Gasteiger partial charge in [-0.05, 0) is 73.2 Å². The van der Waals surface area contributed by atoms with E-state index in [2.05, 4.69) is 16.0 Å². The van der Waals surface area contributed by atoms with Crippen LogP contribution in [-0.2, 0) is 9.59 Å². The molecule has 40 heavy (non-hydrogen) atoms. The normalized spacial score (nSPS) is 10.9. The number of carbonyl (C=O) groups excluding carboxylic acids is 3. The van der Waals surface area contributed by atoms with E-state index >= 15 is 0 Å². The van der Waals surface area contributed by atoms with Gasteiger partial charge >= 0.3 is 0 Å². The third kappa shape index (κ3) is 8.34. The Labute approximate surface area is 237 Å². The molecule has 0 bridgehead atoms. The van der Waals surface area contributed by atoms with Gasteiger partial charge in [-0.25, -0.2) is 0 Å². The molecule has 8 heteroatoms. The number of aryl methyl sites for hydroxylation is 1. The standard InChI is InChI=1S/C32H29N3O4S/c1-22-11-15-25(16-12-22)33-30(36)21-40-28-10-6-9-26(20-28)34-32(38)29(19-23-13-17-27(39-2)18-14-23)35-31(37)24-7-4-3-5-8-24/h3-20H,21H2,1-2H3,(H,33,36)(H,34,38)(H,35,37)/b29-19+. The van der Waals surface area contributed by atoms with Gasteiger partial charge in [-0.3, -0.25) is 14.4 Å². The first-order chi connectivity index (χ1) is 19.4. The maximum atomic E-state index is 13.3. The zero-order valence-electron chi connectivity index (χ0n) is 22.1. The lowest BCUT2D eigenvalue weighted by Gasteiger charge is -2.12. The Morgan fingerprint density at radius 1 is 0.800 bits per heavy atom. The van der Waals surface area contributed by atoms with Crippen molar-refractivity contribution in [3.05, 3.63) is 126 Å². The lowest BCUT2D eigenvalue weighted by atomic mass is 10.1. The van der Waals surface area contributed by atoms with E-state index in [4.69, 9.17) is 4.74 Å². The molecular weight excluding hydrogens is 522 g/mol. The van der Waals surface area contributed by atoms with Gasteiger partial charge in [0, 0.05) is 21.8 Å². The molecule has 0 heterocycles. The van der Waals surface area contributed by atoms with E-state index in [1.54, 1.807) is 79.9 Å². The predicted molar refractivity (Wildman–Crippen MR) is 160 cm³/mol. The first-order valence-corrected chi connectivity index (χ1v) is 13.5. The molecule has 0 aliphatic heterocycles. The second kappa shape index (κ2) is 13.8. The molecular formula is C32H29N3O4S. The number of ether oxygens (including phenoxy) is 1. The maximum absolute atomic E-state index is 13.3. The van der Waals surface area contributed by atoms with Crippen LogP contribution >= 0.6 is 11.8 Å². The van der Waals surface area contributed by atoms with Gasteiger partial charge in [0.15, 0.2) is 0 Å². The fraction of sp³-hybridized carbons (Fsp3) is 0.0938.